The van der Waals surface area contributed by atoms with Crippen LogP contribution >= 0.6 is 0 Å². The van der Waals surface area contributed by atoms with Gasteiger partial charge in [-0.2, -0.15) is 0 Å². The van der Waals surface area contributed by atoms with Crippen molar-refractivity contribution in [3.63, 3.8) is 0 Å². The summed E-state index contributed by atoms with van der Waals surface area (Å²) < 4.78 is 0. The summed E-state index contributed by atoms with van der Waals surface area (Å²) in [6.45, 7) is 10.8. The Morgan fingerprint density at radius 1 is 1.19 bits per heavy atom. The molecule has 2 rings (SSSR count). The fourth-order valence-electron chi connectivity index (χ4n) is 3.86. The van der Waals surface area contributed by atoms with Gasteiger partial charge in [-0.3, -0.25) is 4.90 Å². The van der Waals surface area contributed by atoms with Crippen molar-refractivity contribution in [1.29, 1.82) is 0 Å². The van der Waals surface area contributed by atoms with Crippen molar-refractivity contribution in [3.05, 3.63) is 0 Å². The van der Waals surface area contributed by atoms with Crippen LogP contribution in [-0.2, 0) is 0 Å². The third-order valence-corrected chi connectivity index (χ3v) is 4.89. The zero-order valence-corrected chi connectivity index (χ0v) is 11.2. The number of nitrogens with zero attached hydrogens (tertiary/aromatic N) is 1. The van der Waals surface area contributed by atoms with E-state index in [0.29, 0.717) is 0 Å². The summed E-state index contributed by atoms with van der Waals surface area (Å²) in [5, 5.41) is 3.60. The first-order chi connectivity index (χ1) is 7.76. The van der Waals surface area contributed by atoms with Crippen LogP contribution in [0.15, 0.2) is 0 Å². The van der Waals surface area contributed by atoms with E-state index in [4.69, 9.17) is 0 Å². The fraction of sp³-hybridized carbons (Fsp3) is 1.00. The lowest BCUT2D eigenvalue weighted by atomic mass is 9.93. The van der Waals surface area contributed by atoms with Gasteiger partial charge in [-0.25, -0.2) is 0 Å². The highest BCUT2D eigenvalue weighted by Gasteiger charge is 2.37. The Balaban J connectivity index is 1.85. The van der Waals surface area contributed by atoms with Crippen LogP contribution in [-0.4, -0.2) is 36.6 Å². The van der Waals surface area contributed by atoms with Gasteiger partial charge in [0.1, 0.15) is 0 Å². The number of hydrogen-bond acceptors (Lipinski definition) is 2. The van der Waals surface area contributed by atoms with Gasteiger partial charge in [-0.1, -0.05) is 27.2 Å². The van der Waals surface area contributed by atoms with Crippen LogP contribution in [0.4, 0.5) is 0 Å². The third-order valence-electron chi connectivity index (χ3n) is 4.89. The normalized spacial score (nSPS) is 40.7. The third kappa shape index (κ3) is 2.43. The maximum atomic E-state index is 3.60. The largest absolute Gasteiger partial charge is 0.313 e. The second-order valence-electron chi connectivity index (χ2n) is 5.71. The SMILES string of the molecule is CCNC1CCN(C2CCC(CC)C2C)C1. The molecule has 4 unspecified atom stereocenters. The van der Waals surface area contributed by atoms with E-state index < -0.39 is 0 Å². The summed E-state index contributed by atoms with van der Waals surface area (Å²) >= 11 is 0. The van der Waals surface area contributed by atoms with Crippen LogP contribution in [0.3, 0.4) is 0 Å². The summed E-state index contributed by atoms with van der Waals surface area (Å²) in [7, 11) is 0. The molecular formula is C14H28N2. The summed E-state index contributed by atoms with van der Waals surface area (Å²) in [5.41, 5.74) is 0. The molecule has 2 fully saturated rings. The van der Waals surface area contributed by atoms with Crippen molar-refractivity contribution in [2.75, 3.05) is 19.6 Å². The molecule has 1 heterocycles. The van der Waals surface area contributed by atoms with Gasteiger partial charge in [-0.15, -0.1) is 0 Å². The number of nitrogens with one attached hydrogen (secondary N) is 1. The Labute approximate surface area is 101 Å². The summed E-state index contributed by atoms with van der Waals surface area (Å²) in [5.74, 6) is 1.91. The summed E-state index contributed by atoms with van der Waals surface area (Å²) in [4.78, 5) is 2.76. The van der Waals surface area contributed by atoms with Gasteiger partial charge in [0.2, 0.25) is 0 Å². The molecule has 1 aliphatic carbocycles. The Hall–Kier alpha value is -0.0800. The van der Waals surface area contributed by atoms with Crippen LogP contribution in [0, 0.1) is 11.8 Å². The molecule has 1 N–H and O–H groups in total. The smallest absolute Gasteiger partial charge is 0.0207 e. The van der Waals surface area contributed by atoms with Crippen molar-refractivity contribution in [1.82, 2.24) is 10.2 Å². The lowest BCUT2D eigenvalue weighted by Gasteiger charge is -2.29. The molecule has 1 saturated heterocycles. The molecule has 2 nitrogen and oxygen atoms in total. The molecule has 0 aromatic carbocycles. The van der Waals surface area contributed by atoms with Crippen LogP contribution in [0.2, 0.25) is 0 Å². The van der Waals surface area contributed by atoms with E-state index in [1.807, 2.05) is 0 Å². The zero-order valence-electron chi connectivity index (χ0n) is 11.2. The van der Waals surface area contributed by atoms with Crippen molar-refractivity contribution in [2.24, 2.45) is 11.8 Å². The molecule has 0 amide bonds. The molecule has 1 saturated carbocycles. The van der Waals surface area contributed by atoms with E-state index in [0.717, 1.165) is 30.5 Å². The van der Waals surface area contributed by atoms with Gasteiger partial charge in [0, 0.05) is 25.2 Å². The Morgan fingerprint density at radius 3 is 2.62 bits per heavy atom. The highest BCUT2D eigenvalue weighted by Crippen LogP contribution is 2.38. The van der Waals surface area contributed by atoms with Crippen molar-refractivity contribution < 1.29 is 0 Å². The van der Waals surface area contributed by atoms with Gasteiger partial charge < -0.3 is 5.32 Å². The van der Waals surface area contributed by atoms with E-state index in [-0.39, 0.29) is 0 Å². The van der Waals surface area contributed by atoms with Crippen molar-refractivity contribution in [2.45, 2.75) is 58.5 Å². The minimum atomic E-state index is 0.762. The highest BCUT2D eigenvalue weighted by molar-refractivity contribution is 4.92. The van der Waals surface area contributed by atoms with Crippen LogP contribution in [0.25, 0.3) is 0 Å². The number of rotatable bonds is 4. The number of likely N-dealkylation sites (tertiary alicyclic amines) is 1. The van der Waals surface area contributed by atoms with Gasteiger partial charge in [0.15, 0.2) is 0 Å². The van der Waals surface area contributed by atoms with Crippen LogP contribution in [0.1, 0.15) is 46.5 Å². The van der Waals surface area contributed by atoms with E-state index in [1.54, 1.807) is 0 Å². The maximum absolute atomic E-state index is 3.60. The molecule has 16 heavy (non-hydrogen) atoms. The van der Waals surface area contributed by atoms with E-state index in [2.05, 4.69) is 31.0 Å². The molecule has 2 aliphatic rings. The summed E-state index contributed by atoms with van der Waals surface area (Å²) in [6.07, 6.45) is 5.64. The predicted octanol–water partition coefficient (Wildman–Crippen LogP) is 2.49. The Morgan fingerprint density at radius 2 is 2.00 bits per heavy atom. The second kappa shape index (κ2) is 5.50. The molecule has 1 aliphatic heterocycles. The summed E-state index contributed by atoms with van der Waals surface area (Å²) in [6, 6.07) is 1.64. The lowest BCUT2D eigenvalue weighted by Crippen LogP contribution is -2.39. The van der Waals surface area contributed by atoms with E-state index in [9.17, 15) is 0 Å². The predicted molar refractivity (Wildman–Crippen MR) is 69.6 cm³/mol. The van der Waals surface area contributed by atoms with Crippen LogP contribution in [0.5, 0.6) is 0 Å². The van der Waals surface area contributed by atoms with Gasteiger partial charge in [0.25, 0.3) is 0 Å². The molecule has 0 aromatic rings. The molecule has 4 atom stereocenters. The molecule has 0 spiro atoms. The standard InChI is InChI=1S/C14H28N2/c1-4-12-6-7-14(11(12)3)16-9-8-13(10-16)15-5-2/h11-15H,4-10H2,1-3H3. The Bertz CT molecular complexity index is 217. The van der Waals surface area contributed by atoms with Gasteiger partial charge in [-0.05, 0) is 37.6 Å². The average Bonchev–Trinajstić information content (AvgIpc) is 2.85. The number of hydrogen-bond donors (Lipinski definition) is 1. The first kappa shape index (κ1) is 12.4. The maximum Gasteiger partial charge on any atom is 0.0207 e. The number of likely N-dealkylation sites (N-methyl/N-ethyl adjacent to an activating group) is 1. The fourth-order valence-corrected chi connectivity index (χ4v) is 3.86. The van der Waals surface area contributed by atoms with Gasteiger partial charge in [0.05, 0.1) is 0 Å². The first-order valence-electron chi connectivity index (χ1n) is 7.23. The molecule has 0 aromatic heterocycles. The average molecular weight is 224 g/mol. The first-order valence-corrected chi connectivity index (χ1v) is 7.23. The van der Waals surface area contributed by atoms with E-state index in [1.165, 1.54) is 38.8 Å². The van der Waals surface area contributed by atoms with Gasteiger partial charge >= 0.3 is 0 Å². The van der Waals surface area contributed by atoms with Crippen LogP contribution < -0.4 is 5.32 Å². The molecule has 2 heteroatoms. The van der Waals surface area contributed by atoms with Crippen molar-refractivity contribution in [3.8, 4) is 0 Å². The monoisotopic (exact) mass is 224 g/mol. The molecule has 94 valence electrons. The second-order valence-corrected chi connectivity index (χ2v) is 5.71. The zero-order chi connectivity index (χ0) is 11.5. The Kier molecular flexibility index (Phi) is 4.26. The minimum absolute atomic E-state index is 0.762. The highest BCUT2D eigenvalue weighted by atomic mass is 15.2. The minimum Gasteiger partial charge on any atom is -0.313 e. The molecule has 0 radical (unpaired) electrons. The quantitative estimate of drug-likeness (QED) is 0.789. The molecular weight excluding hydrogens is 196 g/mol. The lowest BCUT2D eigenvalue weighted by molar-refractivity contribution is 0.184. The van der Waals surface area contributed by atoms with E-state index >= 15 is 0 Å². The van der Waals surface area contributed by atoms with Crippen molar-refractivity contribution >= 4 is 0 Å². The topological polar surface area (TPSA) is 15.3 Å². The molecule has 0 bridgehead atoms.